The predicted molar refractivity (Wildman–Crippen MR) is 317 cm³/mol. The van der Waals surface area contributed by atoms with E-state index in [2.05, 4.69) is 311 Å². The number of rotatable bonds is 9. The van der Waals surface area contributed by atoms with E-state index in [0.717, 1.165) is 45.5 Å². The molecule has 0 unspecified atom stereocenters. The molecular formula is C71H50N4. The molecule has 0 fully saturated rings. The number of anilines is 8. The SMILES string of the molecule is CN1c2cc(-c3ccc(-c4ccccc4)cc3)ccc2N(c2ccc(-c3ccc(-c4ccc5c(c4)c4ccccc4n5-c4ccccc4)cc3)cc2)c2ccc(N(c3ccccc3)c3cccc4ccccc34)cc21. The normalized spacial score (nSPS) is 12.0. The lowest BCUT2D eigenvalue weighted by atomic mass is 9.97. The van der Waals surface area contributed by atoms with Crippen molar-refractivity contribution in [1.29, 1.82) is 0 Å². The predicted octanol–water partition coefficient (Wildman–Crippen LogP) is 19.6. The summed E-state index contributed by atoms with van der Waals surface area (Å²) in [5, 5.41) is 4.91. The summed E-state index contributed by atoms with van der Waals surface area (Å²) < 4.78 is 2.37. The lowest BCUT2D eigenvalue weighted by Gasteiger charge is -2.40. The van der Waals surface area contributed by atoms with Crippen LogP contribution >= 0.6 is 0 Å². The van der Waals surface area contributed by atoms with Crippen molar-refractivity contribution in [2.45, 2.75) is 0 Å². The summed E-state index contributed by atoms with van der Waals surface area (Å²) in [6, 6.07) is 104. The second-order valence-electron chi connectivity index (χ2n) is 19.4. The third-order valence-corrected chi connectivity index (χ3v) is 15.1. The number of hydrogen-bond acceptors (Lipinski definition) is 3. The van der Waals surface area contributed by atoms with E-state index in [1.54, 1.807) is 0 Å². The van der Waals surface area contributed by atoms with Crippen LogP contribution in [0.5, 0.6) is 0 Å². The minimum absolute atomic E-state index is 1.08. The van der Waals surface area contributed by atoms with Crippen molar-refractivity contribution < 1.29 is 0 Å². The zero-order valence-corrected chi connectivity index (χ0v) is 41.4. The van der Waals surface area contributed by atoms with Crippen molar-refractivity contribution in [1.82, 2.24) is 4.57 Å². The molecule has 0 spiro atoms. The number of nitrogens with zero attached hydrogens (tertiary/aromatic N) is 4. The van der Waals surface area contributed by atoms with Gasteiger partial charge in [0.1, 0.15) is 0 Å². The molecule has 2 heterocycles. The van der Waals surface area contributed by atoms with Crippen molar-refractivity contribution >= 4 is 78.1 Å². The average Bonchev–Trinajstić information content (AvgIpc) is 3.83. The fourth-order valence-electron chi connectivity index (χ4n) is 11.4. The molecule has 0 saturated heterocycles. The smallest absolute Gasteiger partial charge is 0.0701 e. The van der Waals surface area contributed by atoms with Crippen molar-refractivity contribution in [2.24, 2.45) is 0 Å². The first kappa shape index (κ1) is 43.9. The molecule has 1 aromatic heterocycles. The topological polar surface area (TPSA) is 14.7 Å². The first-order valence-electron chi connectivity index (χ1n) is 25.7. The minimum Gasteiger partial charge on any atom is -0.341 e. The van der Waals surface area contributed by atoms with Gasteiger partial charge in [-0.05, 0) is 141 Å². The van der Waals surface area contributed by atoms with E-state index in [0.29, 0.717) is 0 Å². The van der Waals surface area contributed by atoms with E-state index in [1.807, 2.05) is 0 Å². The van der Waals surface area contributed by atoms with Crippen LogP contribution in [0.2, 0.25) is 0 Å². The third-order valence-electron chi connectivity index (χ3n) is 15.1. The Balaban J connectivity index is 0.837. The molecule has 1 aliphatic rings. The lowest BCUT2D eigenvalue weighted by Crippen LogP contribution is -2.24. The minimum atomic E-state index is 1.08. The number of hydrogen-bond donors (Lipinski definition) is 0. The Morgan fingerprint density at radius 2 is 0.760 bits per heavy atom. The first-order valence-corrected chi connectivity index (χ1v) is 25.7. The molecule has 0 atom stereocenters. The van der Waals surface area contributed by atoms with Crippen LogP contribution in [0.1, 0.15) is 0 Å². The molecule has 75 heavy (non-hydrogen) atoms. The zero-order valence-electron chi connectivity index (χ0n) is 41.4. The van der Waals surface area contributed by atoms with Gasteiger partial charge in [0.25, 0.3) is 0 Å². The molecule has 0 amide bonds. The molecule has 13 aromatic rings. The maximum absolute atomic E-state index is 2.43. The highest BCUT2D eigenvalue weighted by atomic mass is 15.3. The van der Waals surface area contributed by atoms with Crippen LogP contribution in [-0.4, -0.2) is 11.6 Å². The van der Waals surface area contributed by atoms with Crippen LogP contribution in [0.3, 0.4) is 0 Å². The maximum Gasteiger partial charge on any atom is 0.0701 e. The van der Waals surface area contributed by atoms with Gasteiger partial charge >= 0.3 is 0 Å². The van der Waals surface area contributed by atoms with Crippen molar-refractivity contribution in [3.63, 3.8) is 0 Å². The van der Waals surface area contributed by atoms with Gasteiger partial charge < -0.3 is 19.3 Å². The van der Waals surface area contributed by atoms with Gasteiger partial charge in [0.15, 0.2) is 0 Å². The summed E-state index contributed by atoms with van der Waals surface area (Å²) in [7, 11) is 2.21. The summed E-state index contributed by atoms with van der Waals surface area (Å²) in [6.45, 7) is 0. The van der Waals surface area contributed by atoms with E-state index in [4.69, 9.17) is 0 Å². The second kappa shape index (κ2) is 18.3. The summed E-state index contributed by atoms with van der Waals surface area (Å²) in [5.74, 6) is 0. The molecule has 0 aliphatic carbocycles. The largest absolute Gasteiger partial charge is 0.341 e. The van der Waals surface area contributed by atoms with Crippen LogP contribution in [0, 0.1) is 0 Å². The van der Waals surface area contributed by atoms with Gasteiger partial charge in [-0.25, -0.2) is 0 Å². The van der Waals surface area contributed by atoms with Crippen LogP contribution in [0.15, 0.2) is 285 Å². The van der Waals surface area contributed by atoms with Gasteiger partial charge in [-0.15, -0.1) is 0 Å². The van der Waals surface area contributed by atoms with Gasteiger partial charge in [0.2, 0.25) is 0 Å². The monoisotopic (exact) mass is 958 g/mol. The zero-order chi connectivity index (χ0) is 49.8. The standard InChI is InChI=1S/C71H50N4/c1-72-70-47-57(54-34-28-50(29-35-54)49-16-5-2-6-17-49)39-44-68(70)75(69-45-42-61(48-71(69)72)73(58-20-7-3-8-21-58)65-27-15-19-55-18-11-12-24-62(55)65)60-40-36-52(37-41-60)51-30-32-53(33-31-51)56-38-43-67-64(46-56)63-25-13-14-26-66(63)74(67)59-22-9-4-10-23-59/h2-48H,1H3. The molecule has 12 aromatic carbocycles. The average molecular weight is 959 g/mol. The highest BCUT2D eigenvalue weighted by molar-refractivity contribution is 6.10. The fraction of sp³-hybridized carbons (Fsp3) is 0.0141. The molecule has 0 N–H and O–H groups in total. The molecule has 4 nitrogen and oxygen atoms in total. The molecule has 14 rings (SSSR count). The highest BCUT2D eigenvalue weighted by Gasteiger charge is 2.30. The Bertz CT molecular complexity index is 4220. The van der Waals surface area contributed by atoms with Gasteiger partial charge in [-0.1, -0.05) is 194 Å². The number of fused-ring (bicyclic) bond motifs is 6. The summed E-state index contributed by atoms with van der Waals surface area (Å²) in [4.78, 5) is 7.19. The summed E-state index contributed by atoms with van der Waals surface area (Å²) in [6.07, 6.45) is 0. The first-order chi connectivity index (χ1) is 37.1. The van der Waals surface area contributed by atoms with E-state index < -0.39 is 0 Å². The lowest BCUT2D eigenvalue weighted by molar-refractivity contribution is 1.12. The van der Waals surface area contributed by atoms with E-state index in [-0.39, 0.29) is 0 Å². The van der Waals surface area contributed by atoms with Crippen LogP contribution in [-0.2, 0) is 0 Å². The van der Waals surface area contributed by atoms with Crippen LogP contribution in [0.25, 0.3) is 82.8 Å². The van der Waals surface area contributed by atoms with Gasteiger partial charge in [0.05, 0.1) is 39.5 Å². The Kier molecular flexibility index (Phi) is 10.7. The number of benzene rings is 12. The van der Waals surface area contributed by atoms with E-state index in [1.165, 1.54) is 82.8 Å². The maximum atomic E-state index is 2.43. The molecule has 0 bridgehead atoms. The molecule has 4 heteroatoms. The van der Waals surface area contributed by atoms with E-state index in [9.17, 15) is 0 Å². The summed E-state index contributed by atoms with van der Waals surface area (Å²) in [5.41, 5.74) is 22.0. The van der Waals surface area contributed by atoms with Crippen molar-refractivity contribution in [2.75, 3.05) is 21.7 Å². The second-order valence-corrected chi connectivity index (χ2v) is 19.4. The fourth-order valence-corrected chi connectivity index (χ4v) is 11.4. The third kappa shape index (κ3) is 7.71. The molecule has 0 saturated carbocycles. The van der Waals surface area contributed by atoms with Crippen molar-refractivity contribution in [3.05, 3.63) is 285 Å². The van der Waals surface area contributed by atoms with Gasteiger partial charge in [0, 0.05) is 46.0 Å². The highest BCUT2D eigenvalue weighted by Crippen LogP contribution is 2.54. The van der Waals surface area contributed by atoms with Crippen LogP contribution < -0.4 is 14.7 Å². The molecular weight excluding hydrogens is 909 g/mol. The molecule has 1 aliphatic heterocycles. The van der Waals surface area contributed by atoms with Gasteiger partial charge in [-0.3, -0.25) is 0 Å². The molecule has 0 radical (unpaired) electrons. The Morgan fingerprint density at radius 1 is 0.280 bits per heavy atom. The van der Waals surface area contributed by atoms with Gasteiger partial charge in [-0.2, -0.15) is 0 Å². The Morgan fingerprint density at radius 3 is 1.45 bits per heavy atom. The number of aromatic nitrogens is 1. The van der Waals surface area contributed by atoms with Crippen molar-refractivity contribution in [3.8, 4) is 50.2 Å². The summed E-state index contributed by atoms with van der Waals surface area (Å²) >= 11 is 0. The number of para-hydroxylation sites is 3. The van der Waals surface area contributed by atoms with E-state index >= 15 is 0 Å². The Labute approximate surface area is 437 Å². The Hall–Kier alpha value is -9.90. The molecule has 354 valence electrons. The van der Waals surface area contributed by atoms with Crippen LogP contribution in [0.4, 0.5) is 45.5 Å². The quantitative estimate of drug-likeness (QED) is 0.143.